The van der Waals surface area contributed by atoms with Gasteiger partial charge in [-0.3, -0.25) is 0 Å². The molecule has 0 N–H and O–H groups in total. The van der Waals surface area contributed by atoms with Gasteiger partial charge in [0.25, 0.3) is 0 Å². The fourth-order valence-corrected chi connectivity index (χ4v) is 13.8. The summed E-state index contributed by atoms with van der Waals surface area (Å²) in [7, 11) is -3.72. The van der Waals surface area contributed by atoms with E-state index in [9.17, 15) is 0 Å². The Labute approximate surface area is 230 Å². The Hall–Kier alpha value is -2.46. The molecule has 1 nitrogen and oxygen atoms in total. The van der Waals surface area contributed by atoms with Gasteiger partial charge in [0.1, 0.15) is 7.14 Å². The van der Waals surface area contributed by atoms with E-state index in [4.69, 9.17) is 0 Å². The minimum absolute atomic E-state index is 0.0210. The van der Waals surface area contributed by atoms with Crippen LogP contribution in [0.25, 0.3) is 0 Å². The summed E-state index contributed by atoms with van der Waals surface area (Å²) in [5.74, 6) is 0. The molecule has 1 aliphatic heterocycles. The van der Waals surface area contributed by atoms with Crippen molar-refractivity contribution >= 4 is 36.3 Å². The van der Waals surface area contributed by atoms with E-state index in [2.05, 4.69) is 128 Å². The van der Waals surface area contributed by atoms with E-state index in [-0.39, 0.29) is 11.3 Å². The van der Waals surface area contributed by atoms with E-state index < -0.39 is 15.1 Å². The van der Waals surface area contributed by atoms with E-state index in [1.807, 2.05) is 0 Å². The van der Waals surface area contributed by atoms with Crippen molar-refractivity contribution in [3.8, 4) is 0 Å². The molecule has 1 aliphatic rings. The summed E-state index contributed by atoms with van der Waals surface area (Å²) in [5, 5.41) is 4.81. The van der Waals surface area contributed by atoms with E-state index in [0.29, 0.717) is 0 Å². The molecule has 38 heavy (non-hydrogen) atoms. The maximum absolute atomic E-state index is 15.8. The highest BCUT2D eigenvalue weighted by atomic mass is 31.2. The van der Waals surface area contributed by atoms with Gasteiger partial charge in [0.15, 0.2) is 0 Å². The minimum atomic E-state index is -2.98. The topological polar surface area (TPSA) is 17.1 Å². The first-order chi connectivity index (χ1) is 17.9. The van der Waals surface area contributed by atoms with Crippen molar-refractivity contribution < 1.29 is 4.57 Å². The van der Waals surface area contributed by atoms with Crippen molar-refractivity contribution in [1.82, 2.24) is 0 Å². The summed E-state index contributed by atoms with van der Waals surface area (Å²) in [4.78, 5) is 0. The molecule has 4 unspecified atom stereocenters. The van der Waals surface area contributed by atoms with Crippen molar-refractivity contribution in [3.63, 3.8) is 0 Å². The third-order valence-electron chi connectivity index (χ3n) is 8.07. The van der Waals surface area contributed by atoms with Gasteiger partial charge in [-0.15, -0.1) is 0 Å². The largest absolute Gasteiger partial charge is 0.313 e. The van der Waals surface area contributed by atoms with Gasteiger partial charge >= 0.3 is 0 Å². The highest BCUT2D eigenvalue weighted by molar-refractivity contribution is 7.81. The molecule has 0 amide bonds. The molecule has 0 aliphatic carbocycles. The number of fused-ring (bicyclic) bond motifs is 4. The van der Waals surface area contributed by atoms with Gasteiger partial charge < -0.3 is 4.57 Å². The Kier molecular flexibility index (Phi) is 7.32. The summed E-state index contributed by atoms with van der Waals surface area (Å²) in [6.07, 6.45) is 0.856. The predicted octanol–water partition coefficient (Wildman–Crippen LogP) is 7.67. The minimum Gasteiger partial charge on any atom is -0.313 e. The van der Waals surface area contributed by atoms with Crippen LogP contribution < -0.4 is 21.2 Å². The first-order valence-corrected chi connectivity index (χ1v) is 16.9. The van der Waals surface area contributed by atoms with Crippen molar-refractivity contribution in [2.24, 2.45) is 0 Å². The zero-order valence-electron chi connectivity index (χ0n) is 24.1. The lowest BCUT2D eigenvalue weighted by Gasteiger charge is -2.36. The average molecular weight is 539 g/mol. The monoisotopic (exact) mass is 538 g/mol. The molecule has 4 atom stereocenters. The molecule has 0 radical (unpaired) electrons. The smallest absolute Gasteiger partial charge is 0.146 e. The Morgan fingerprint density at radius 2 is 0.947 bits per heavy atom. The second kappa shape index (κ2) is 10.3. The molecular weight excluding hydrogens is 498 g/mol. The Bertz CT molecular complexity index is 1540. The molecule has 196 valence electrons. The van der Waals surface area contributed by atoms with Crippen LogP contribution in [0.1, 0.15) is 58.4 Å². The van der Waals surface area contributed by atoms with E-state index in [1.54, 1.807) is 0 Å². The van der Waals surface area contributed by atoms with Gasteiger partial charge in [-0.25, -0.2) is 0 Å². The van der Waals surface area contributed by atoms with E-state index >= 15 is 4.57 Å². The van der Waals surface area contributed by atoms with Crippen LogP contribution in [-0.2, 0) is 11.0 Å². The van der Waals surface area contributed by atoms with Crippen LogP contribution in [0.5, 0.6) is 0 Å². The van der Waals surface area contributed by atoms with Crippen molar-refractivity contribution in [3.05, 3.63) is 117 Å². The average Bonchev–Trinajstić information content (AvgIpc) is 2.81. The maximum Gasteiger partial charge on any atom is 0.146 e. The lowest BCUT2D eigenvalue weighted by Crippen LogP contribution is -2.34. The molecule has 5 rings (SSSR count). The summed E-state index contributed by atoms with van der Waals surface area (Å²) in [5.41, 5.74) is 10.2. The number of hydrogen-bond donors (Lipinski definition) is 0. The van der Waals surface area contributed by atoms with Crippen LogP contribution >= 0.6 is 15.1 Å². The number of hydrogen-bond acceptors (Lipinski definition) is 1. The van der Waals surface area contributed by atoms with Crippen LogP contribution in [-0.4, -0.2) is 11.3 Å². The van der Waals surface area contributed by atoms with Crippen LogP contribution in [0.15, 0.2) is 72.8 Å². The first-order valence-electron chi connectivity index (χ1n) is 13.7. The predicted molar refractivity (Wildman–Crippen MR) is 169 cm³/mol. The molecule has 0 saturated heterocycles. The first kappa shape index (κ1) is 27.1. The van der Waals surface area contributed by atoms with Crippen LogP contribution in [0.2, 0.25) is 0 Å². The lowest BCUT2D eigenvalue weighted by atomic mass is 10.0. The zero-order valence-corrected chi connectivity index (χ0v) is 25.9. The van der Waals surface area contributed by atoms with Crippen molar-refractivity contribution in [2.75, 3.05) is 0 Å². The summed E-state index contributed by atoms with van der Waals surface area (Å²) in [6.45, 7) is 17.6. The standard InChI is InChI=1S/C35H40OP2/c1-22-9-23(2)14-32(13-22)37-28(7)29(8)38(36,34-16-24(3)10-25(4)17-34)35-18-27(6)12-31(21-35)19-30-11-26(5)15-33(37)20-30/h9-18,20-21,28-29H,19H2,1-8H3. The number of aryl methyl sites for hydroxylation is 6. The van der Waals surface area contributed by atoms with Crippen LogP contribution in [0.4, 0.5) is 0 Å². The van der Waals surface area contributed by atoms with E-state index in [0.717, 1.165) is 17.0 Å². The fraction of sp³-hybridized carbons (Fsp3) is 0.314. The zero-order chi connectivity index (χ0) is 27.4. The number of rotatable bonds is 2. The third-order valence-corrected chi connectivity index (χ3v) is 14.8. The van der Waals surface area contributed by atoms with E-state index in [1.165, 1.54) is 55.1 Å². The maximum atomic E-state index is 15.8. The normalized spacial score (nSPS) is 23.1. The summed E-state index contributed by atoms with van der Waals surface area (Å²) < 4.78 is 15.8. The molecule has 0 fully saturated rings. The molecule has 0 aromatic heterocycles. The highest BCUT2D eigenvalue weighted by Gasteiger charge is 2.41. The molecule has 1 heterocycles. The second-order valence-electron chi connectivity index (χ2n) is 11.7. The third kappa shape index (κ3) is 5.09. The van der Waals surface area contributed by atoms with Gasteiger partial charge in [0.05, 0.1) is 0 Å². The fourth-order valence-electron chi connectivity index (χ4n) is 6.44. The molecule has 4 bridgehead atoms. The van der Waals surface area contributed by atoms with Gasteiger partial charge in [-0.2, -0.15) is 0 Å². The lowest BCUT2D eigenvalue weighted by molar-refractivity contribution is 0.578. The Morgan fingerprint density at radius 3 is 1.50 bits per heavy atom. The van der Waals surface area contributed by atoms with Crippen LogP contribution in [0.3, 0.4) is 0 Å². The van der Waals surface area contributed by atoms with Crippen LogP contribution in [0, 0.1) is 41.5 Å². The molecule has 4 aromatic carbocycles. The SMILES string of the molecule is Cc1cc(C)cc(P2c3cc(C)cc(c3)Cc3cc(C)cc(c3)P(=O)(c3cc(C)cc(C)c3)C(C)C2C)c1. The molecule has 4 aromatic rings. The highest BCUT2D eigenvalue weighted by Crippen LogP contribution is 2.57. The van der Waals surface area contributed by atoms with Gasteiger partial charge in [0, 0.05) is 16.3 Å². The summed E-state index contributed by atoms with van der Waals surface area (Å²) >= 11 is 0. The molecular formula is C35H40OP2. The second-order valence-corrected chi connectivity index (χ2v) is 17.5. The Balaban J connectivity index is 1.84. The molecule has 0 spiro atoms. The van der Waals surface area contributed by atoms with Gasteiger partial charge in [-0.1, -0.05) is 95.8 Å². The number of benzene rings is 4. The van der Waals surface area contributed by atoms with Crippen molar-refractivity contribution in [1.29, 1.82) is 0 Å². The summed E-state index contributed by atoms with van der Waals surface area (Å²) in [6, 6.07) is 27.4. The van der Waals surface area contributed by atoms with Crippen molar-refractivity contribution in [2.45, 2.75) is 73.1 Å². The van der Waals surface area contributed by atoms with Gasteiger partial charge in [-0.05, 0) is 108 Å². The quantitative estimate of drug-likeness (QED) is 0.240. The molecule has 3 heteroatoms. The van der Waals surface area contributed by atoms with Gasteiger partial charge in [0.2, 0.25) is 0 Å². The molecule has 0 saturated carbocycles. The Morgan fingerprint density at radius 1 is 0.553 bits per heavy atom.